The maximum absolute atomic E-state index is 13.7. The number of anilines is 1. The number of alkyl halides is 1. The summed E-state index contributed by atoms with van der Waals surface area (Å²) in [5.41, 5.74) is 6.42. The van der Waals surface area contributed by atoms with Gasteiger partial charge in [-0.15, -0.1) is 0 Å². The summed E-state index contributed by atoms with van der Waals surface area (Å²) in [5.74, 6) is 0. The van der Waals surface area contributed by atoms with E-state index in [1.807, 2.05) is 24.3 Å². The molecular weight excluding hydrogens is 165 g/mol. The van der Waals surface area contributed by atoms with Gasteiger partial charge >= 0.3 is 0 Å². The average molecular weight is 179 g/mol. The third kappa shape index (κ3) is 1.82. The van der Waals surface area contributed by atoms with Gasteiger partial charge in [0.25, 0.3) is 0 Å². The molecule has 0 unspecified atom stereocenters. The van der Waals surface area contributed by atoms with Crippen LogP contribution in [0.1, 0.15) is 24.8 Å². The Bertz CT molecular complexity index is 287. The van der Waals surface area contributed by atoms with Crippen molar-refractivity contribution in [2.45, 2.75) is 31.4 Å². The number of halogens is 1. The summed E-state index contributed by atoms with van der Waals surface area (Å²) in [5, 5.41) is 0. The lowest BCUT2D eigenvalue weighted by Gasteiger charge is -2.33. The van der Waals surface area contributed by atoms with Crippen LogP contribution in [0.15, 0.2) is 24.3 Å². The first kappa shape index (κ1) is 8.54. The molecule has 1 saturated carbocycles. The number of nitrogen functional groups attached to an aromatic ring is 1. The van der Waals surface area contributed by atoms with E-state index >= 15 is 0 Å². The average Bonchev–Trinajstić information content (AvgIpc) is 2.06. The highest BCUT2D eigenvalue weighted by Crippen LogP contribution is 2.38. The highest BCUT2D eigenvalue weighted by atomic mass is 19.1. The molecule has 1 fully saturated rings. The second kappa shape index (κ2) is 3.02. The normalized spacial score (nSPS) is 19.5. The number of nitrogens with two attached hydrogens (primary N) is 1. The Balaban J connectivity index is 2.05. The summed E-state index contributed by atoms with van der Waals surface area (Å²) in [4.78, 5) is 0. The molecule has 0 aromatic heterocycles. The fraction of sp³-hybridized carbons (Fsp3) is 0.455. The Morgan fingerprint density at radius 1 is 1.23 bits per heavy atom. The van der Waals surface area contributed by atoms with E-state index in [0.717, 1.165) is 30.5 Å². The van der Waals surface area contributed by atoms with Crippen molar-refractivity contribution in [2.24, 2.45) is 0 Å². The first-order valence-electron chi connectivity index (χ1n) is 4.71. The van der Waals surface area contributed by atoms with E-state index in [9.17, 15) is 4.39 Å². The fourth-order valence-corrected chi connectivity index (χ4v) is 1.74. The van der Waals surface area contributed by atoms with Crippen LogP contribution < -0.4 is 5.73 Å². The maximum atomic E-state index is 13.7. The zero-order valence-electron chi connectivity index (χ0n) is 7.59. The van der Waals surface area contributed by atoms with E-state index in [4.69, 9.17) is 5.73 Å². The van der Waals surface area contributed by atoms with Gasteiger partial charge in [-0.25, -0.2) is 4.39 Å². The minimum atomic E-state index is -0.921. The summed E-state index contributed by atoms with van der Waals surface area (Å²) in [6.07, 6.45) is 3.02. The number of hydrogen-bond acceptors (Lipinski definition) is 1. The first-order valence-corrected chi connectivity index (χ1v) is 4.71. The molecule has 0 amide bonds. The predicted molar refractivity (Wildman–Crippen MR) is 52.2 cm³/mol. The van der Waals surface area contributed by atoms with E-state index in [1.54, 1.807) is 0 Å². The topological polar surface area (TPSA) is 26.0 Å². The Kier molecular flexibility index (Phi) is 1.98. The van der Waals surface area contributed by atoms with Crippen LogP contribution >= 0.6 is 0 Å². The molecular formula is C11H14FN. The van der Waals surface area contributed by atoms with Gasteiger partial charge in [0.05, 0.1) is 0 Å². The van der Waals surface area contributed by atoms with Gasteiger partial charge in [0.15, 0.2) is 0 Å². The zero-order valence-corrected chi connectivity index (χ0v) is 7.59. The lowest BCUT2D eigenvalue weighted by molar-refractivity contribution is 0.0641. The van der Waals surface area contributed by atoms with Crippen molar-refractivity contribution in [3.05, 3.63) is 29.8 Å². The standard InChI is InChI=1S/C11H14FN/c12-11(6-1-7-11)8-9-2-4-10(13)5-3-9/h2-5H,1,6-8,13H2. The van der Waals surface area contributed by atoms with Gasteiger partial charge in [-0.2, -0.15) is 0 Å². The van der Waals surface area contributed by atoms with Crippen LogP contribution in [0.4, 0.5) is 10.1 Å². The molecule has 2 rings (SSSR count). The molecule has 0 bridgehead atoms. The third-order valence-electron chi connectivity index (χ3n) is 2.75. The highest BCUT2D eigenvalue weighted by molar-refractivity contribution is 5.39. The van der Waals surface area contributed by atoms with Gasteiger partial charge in [0.2, 0.25) is 0 Å². The SMILES string of the molecule is Nc1ccc(CC2(F)CCC2)cc1. The van der Waals surface area contributed by atoms with Crippen molar-refractivity contribution in [2.75, 3.05) is 5.73 Å². The highest BCUT2D eigenvalue weighted by Gasteiger charge is 2.36. The summed E-state index contributed by atoms with van der Waals surface area (Å²) in [6.45, 7) is 0. The molecule has 1 aromatic carbocycles. The van der Waals surface area contributed by atoms with Gasteiger partial charge in [-0.3, -0.25) is 0 Å². The van der Waals surface area contributed by atoms with Crippen LogP contribution in [0, 0.1) is 0 Å². The van der Waals surface area contributed by atoms with Crippen molar-refractivity contribution in [3.63, 3.8) is 0 Å². The van der Waals surface area contributed by atoms with Gasteiger partial charge in [-0.1, -0.05) is 12.1 Å². The van der Waals surface area contributed by atoms with Gasteiger partial charge in [-0.05, 0) is 37.0 Å². The van der Waals surface area contributed by atoms with Crippen molar-refractivity contribution in [1.82, 2.24) is 0 Å². The smallest absolute Gasteiger partial charge is 0.115 e. The molecule has 0 radical (unpaired) electrons. The summed E-state index contributed by atoms with van der Waals surface area (Å²) < 4.78 is 13.7. The largest absolute Gasteiger partial charge is 0.399 e. The van der Waals surface area contributed by atoms with Crippen LogP contribution in [0.2, 0.25) is 0 Å². The van der Waals surface area contributed by atoms with Crippen LogP contribution in [-0.2, 0) is 6.42 Å². The van der Waals surface area contributed by atoms with Crippen molar-refractivity contribution < 1.29 is 4.39 Å². The molecule has 1 aliphatic rings. The molecule has 0 aliphatic heterocycles. The molecule has 0 saturated heterocycles. The molecule has 0 spiro atoms. The summed E-state index contributed by atoms with van der Waals surface area (Å²) in [6, 6.07) is 7.48. The Morgan fingerprint density at radius 3 is 2.31 bits per heavy atom. The molecule has 0 heterocycles. The first-order chi connectivity index (χ1) is 6.18. The number of rotatable bonds is 2. The maximum Gasteiger partial charge on any atom is 0.115 e. The molecule has 1 aromatic rings. The quantitative estimate of drug-likeness (QED) is 0.694. The van der Waals surface area contributed by atoms with Crippen molar-refractivity contribution in [1.29, 1.82) is 0 Å². The van der Waals surface area contributed by atoms with Crippen LogP contribution in [-0.4, -0.2) is 5.67 Å². The Hall–Kier alpha value is -1.05. The molecule has 13 heavy (non-hydrogen) atoms. The Morgan fingerprint density at radius 2 is 1.85 bits per heavy atom. The minimum Gasteiger partial charge on any atom is -0.399 e. The van der Waals surface area contributed by atoms with Gasteiger partial charge in [0.1, 0.15) is 5.67 Å². The van der Waals surface area contributed by atoms with Gasteiger partial charge in [0, 0.05) is 12.1 Å². The van der Waals surface area contributed by atoms with E-state index in [1.165, 1.54) is 0 Å². The van der Waals surface area contributed by atoms with Crippen molar-refractivity contribution >= 4 is 5.69 Å². The number of hydrogen-bond donors (Lipinski definition) is 1. The molecule has 70 valence electrons. The second-order valence-corrected chi connectivity index (χ2v) is 3.92. The molecule has 0 atom stereocenters. The summed E-state index contributed by atoms with van der Waals surface area (Å²) in [7, 11) is 0. The van der Waals surface area contributed by atoms with Crippen molar-refractivity contribution in [3.8, 4) is 0 Å². The zero-order chi connectivity index (χ0) is 9.31. The minimum absolute atomic E-state index is 0.549. The fourth-order valence-electron chi connectivity index (χ4n) is 1.74. The molecule has 1 aliphatic carbocycles. The monoisotopic (exact) mass is 179 g/mol. The van der Waals surface area contributed by atoms with Gasteiger partial charge < -0.3 is 5.73 Å². The van der Waals surface area contributed by atoms with Crippen LogP contribution in [0.25, 0.3) is 0 Å². The molecule has 2 heteroatoms. The lowest BCUT2D eigenvalue weighted by atomic mass is 9.78. The second-order valence-electron chi connectivity index (χ2n) is 3.92. The number of benzene rings is 1. The predicted octanol–water partition coefficient (Wildman–Crippen LogP) is 2.70. The van der Waals surface area contributed by atoms with Crippen LogP contribution in [0.5, 0.6) is 0 Å². The van der Waals surface area contributed by atoms with E-state index in [2.05, 4.69) is 0 Å². The van der Waals surface area contributed by atoms with E-state index < -0.39 is 5.67 Å². The molecule has 2 N–H and O–H groups in total. The molecule has 1 nitrogen and oxygen atoms in total. The lowest BCUT2D eigenvalue weighted by Crippen LogP contribution is -2.33. The third-order valence-corrected chi connectivity index (χ3v) is 2.75. The Labute approximate surface area is 77.8 Å². The van der Waals surface area contributed by atoms with E-state index in [0.29, 0.717) is 6.42 Å². The van der Waals surface area contributed by atoms with Crippen LogP contribution in [0.3, 0.4) is 0 Å². The summed E-state index contributed by atoms with van der Waals surface area (Å²) >= 11 is 0. The van der Waals surface area contributed by atoms with E-state index in [-0.39, 0.29) is 0 Å².